The van der Waals surface area contributed by atoms with Crippen molar-refractivity contribution in [2.75, 3.05) is 26.8 Å². The molecule has 0 spiro atoms. The number of H-pyrrole nitrogens is 1. The number of aromatic nitrogens is 4. The highest BCUT2D eigenvalue weighted by Crippen LogP contribution is 2.30. The maximum absolute atomic E-state index is 13.8. The molecule has 1 aliphatic rings. The Kier molecular flexibility index (Phi) is 8.40. The van der Waals surface area contributed by atoms with Gasteiger partial charge in [-0.15, -0.1) is 0 Å². The normalized spacial score (nSPS) is 16.3. The van der Waals surface area contributed by atoms with Crippen LogP contribution in [-0.4, -0.2) is 62.8 Å². The molecule has 10 heteroatoms. The van der Waals surface area contributed by atoms with Crippen molar-refractivity contribution in [2.45, 2.75) is 50.6 Å². The predicted octanol–water partition coefficient (Wildman–Crippen LogP) is 4.51. The van der Waals surface area contributed by atoms with E-state index in [2.05, 4.69) is 15.6 Å². The zero-order valence-electron chi connectivity index (χ0n) is 24.3. The number of imidazole rings is 2. The molecule has 0 aliphatic carbocycles. The van der Waals surface area contributed by atoms with Crippen molar-refractivity contribution in [3.63, 3.8) is 0 Å². The van der Waals surface area contributed by atoms with E-state index in [1.807, 2.05) is 47.4 Å². The van der Waals surface area contributed by atoms with Crippen molar-refractivity contribution < 1.29 is 13.9 Å². The third kappa shape index (κ3) is 6.11. The molecule has 43 heavy (non-hydrogen) atoms. The zero-order valence-corrected chi connectivity index (χ0v) is 24.3. The maximum Gasteiger partial charge on any atom is 0.331 e. The van der Waals surface area contributed by atoms with E-state index < -0.39 is 5.82 Å². The number of amides is 1. The number of likely N-dealkylation sites (tertiary alicyclic amines) is 1. The molecule has 224 valence electrons. The van der Waals surface area contributed by atoms with E-state index >= 15 is 0 Å². The van der Waals surface area contributed by atoms with Crippen molar-refractivity contribution >= 4 is 28.0 Å². The molecule has 0 bridgehead atoms. The van der Waals surface area contributed by atoms with E-state index in [4.69, 9.17) is 15.5 Å². The van der Waals surface area contributed by atoms with E-state index in [0.29, 0.717) is 36.3 Å². The molecule has 3 heterocycles. The molecule has 1 aliphatic heterocycles. The van der Waals surface area contributed by atoms with E-state index in [1.54, 1.807) is 13.2 Å². The number of methoxy groups -OCH3 is 1. The number of hydrogen-bond acceptors (Lipinski definition) is 5. The number of ether oxygens (including phenoxy) is 1. The van der Waals surface area contributed by atoms with Crippen LogP contribution in [0.15, 0.2) is 71.5 Å². The third-order valence-corrected chi connectivity index (χ3v) is 8.33. The highest BCUT2D eigenvalue weighted by Gasteiger charge is 2.29. The lowest BCUT2D eigenvalue weighted by atomic mass is 9.96. The predicted molar refractivity (Wildman–Crippen MR) is 165 cm³/mol. The number of fused-ring (bicyclic) bond motifs is 2. The van der Waals surface area contributed by atoms with Crippen molar-refractivity contribution in [3.05, 3.63) is 94.4 Å². The molecule has 0 radical (unpaired) electrons. The zero-order chi connectivity index (χ0) is 29.9. The van der Waals surface area contributed by atoms with Crippen LogP contribution in [0.1, 0.15) is 43.0 Å². The number of aryl methyl sites for hydroxylation is 1. The molecular weight excluding hydrogens is 547 g/mol. The van der Waals surface area contributed by atoms with Crippen LogP contribution < -0.4 is 11.4 Å². The molecule has 1 saturated heterocycles. The Balaban J connectivity index is 1.10. The van der Waals surface area contributed by atoms with Crippen LogP contribution in [0.2, 0.25) is 0 Å². The largest absolute Gasteiger partial charge is 0.385 e. The minimum absolute atomic E-state index is 0.0586. The van der Waals surface area contributed by atoms with E-state index in [-0.39, 0.29) is 30.0 Å². The fourth-order valence-corrected chi connectivity index (χ4v) is 6.26. The first-order valence-electron chi connectivity index (χ1n) is 14.9. The average Bonchev–Trinajstić information content (AvgIpc) is 3.54. The van der Waals surface area contributed by atoms with Gasteiger partial charge >= 0.3 is 5.69 Å². The van der Waals surface area contributed by atoms with Gasteiger partial charge in [0.25, 0.3) is 0 Å². The Hall–Kier alpha value is -4.28. The number of para-hydroxylation sites is 2. The van der Waals surface area contributed by atoms with E-state index in [1.165, 1.54) is 16.7 Å². The number of rotatable bonds is 10. The molecule has 1 fully saturated rings. The Morgan fingerprint density at radius 3 is 2.77 bits per heavy atom. The standard InChI is InChI=1S/C33H37FN6O3/c1-43-17-5-16-39-29-8-3-2-7-27(29)36-32(39)23-6-4-15-38(21-23)31(41)20-25(35)18-22-9-12-26(13-10-22)40-30-19-24(34)11-14-28(30)37-33(40)42/h2-3,7-14,19,23,25H,4-6,15-18,20-21,35H2,1H3,(H,37,42)/t23-,25-/m1/s1. The molecule has 9 nitrogen and oxygen atoms in total. The molecule has 3 aromatic carbocycles. The lowest BCUT2D eigenvalue weighted by Crippen LogP contribution is -2.42. The number of benzene rings is 3. The minimum atomic E-state index is -0.409. The van der Waals surface area contributed by atoms with Gasteiger partial charge in [-0.2, -0.15) is 0 Å². The third-order valence-electron chi connectivity index (χ3n) is 8.33. The highest BCUT2D eigenvalue weighted by molar-refractivity contribution is 5.78. The molecule has 0 unspecified atom stereocenters. The van der Waals surface area contributed by atoms with Crippen molar-refractivity contribution in [2.24, 2.45) is 5.73 Å². The summed E-state index contributed by atoms with van der Waals surface area (Å²) >= 11 is 0. The van der Waals surface area contributed by atoms with E-state index in [9.17, 15) is 14.0 Å². The molecule has 3 N–H and O–H groups in total. The van der Waals surface area contributed by atoms with Crippen molar-refractivity contribution in [1.82, 2.24) is 24.0 Å². The van der Waals surface area contributed by atoms with Gasteiger partial charge in [0.1, 0.15) is 11.6 Å². The van der Waals surface area contributed by atoms with Crippen LogP contribution in [-0.2, 0) is 22.5 Å². The Morgan fingerprint density at radius 2 is 1.95 bits per heavy atom. The molecular formula is C33H37FN6O3. The molecule has 0 saturated carbocycles. The molecule has 6 rings (SSSR count). The van der Waals surface area contributed by atoms with Crippen LogP contribution in [0.3, 0.4) is 0 Å². The lowest BCUT2D eigenvalue weighted by molar-refractivity contribution is -0.132. The summed E-state index contributed by atoms with van der Waals surface area (Å²) in [5.41, 5.74) is 10.9. The first-order valence-corrected chi connectivity index (χ1v) is 14.9. The second-order valence-electron chi connectivity index (χ2n) is 11.4. The number of halogens is 1. The van der Waals surface area contributed by atoms with Gasteiger partial charge in [0, 0.05) is 57.8 Å². The van der Waals surface area contributed by atoms with Gasteiger partial charge < -0.3 is 24.9 Å². The van der Waals surface area contributed by atoms with Crippen LogP contribution in [0, 0.1) is 5.82 Å². The molecule has 2 aromatic heterocycles. The SMILES string of the molecule is COCCCn1c([C@@H]2CCCN(C(=O)C[C@H](N)Cc3ccc(-n4c(=O)[nH]c5ccc(F)cc54)cc3)C2)nc2ccccc21. The number of aromatic amines is 1. The summed E-state index contributed by atoms with van der Waals surface area (Å²) in [4.78, 5) is 35.6. The summed E-state index contributed by atoms with van der Waals surface area (Å²) in [5.74, 6) is 0.852. The fourth-order valence-electron chi connectivity index (χ4n) is 6.26. The van der Waals surface area contributed by atoms with Gasteiger partial charge in [-0.1, -0.05) is 24.3 Å². The van der Waals surface area contributed by atoms with Crippen LogP contribution in [0.25, 0.3) is 27.8 Å². The summed E-state index contributed by atoms with van der Waals surface area (Å²) in [6.45, 7) is 2.86. The maximum atomic E-state index is 13.8. The van der Waals surface area contributed by atoms with Gasteiger partial charge in [0.15, 0.2) is 0 Å². The Bertz CT molecular complexity index is 1790. The van der Waals surface area contributed by atoms with Crippen LogP contribution in [0.5, 0.6) is 0 Å². The second kappa shape index (κ2) is 12.5. The topological polar surface area (TPSA) is 111 Å². The van der Waals surface area contributed by atoms with Gasteiger partial charge in [-0.3, -0.25) is 9.36 Å². The summed E-state index contributed by atoms with van der Waals surface area (Å²) in [6.07, 6.45) is 3.58. The molecule has 2 atom stereocenters. The van der Waals surface area contributed by atoms with Gasteiger partial charge in [0.05, 0.1) is 27.8 Å². The fraction of sp³-hybridized carbons (Fsp3) is 0.364. The smallest absolute Gasteiger partial charge is 0.331 e. The summed E-state index contributed by atoms with van der Waals surface area (Å²) in [6, 6.07) is 19.5. The first kappa shape index (κ1) is 28.8. The van der Waals surface area contributed by atoms with Gasteiger partial charge in [-0.25, -0.2) is 14.2 Å². The quantitative estimate of drug-likeness (QED) is 0.235. The number of carbonyl (C=O) groups excluding carboxylic acids is 1. The minimum Gasteiger partial charge on any atom is -0.385 e. The average molecular weight is 585 g/mol. The number of nitrogens with two attached hydrogens (primary N) is 1. The van der Waals surface area contributed by atoms with E-state index in [0.717, 1.165) is 54.8 Å². The highest BCUT2D eigenvalue weighted by atomic mass is 19.1. The number of hydrogen-bond donors (Lipinski definition) is 2. The lowest BCUT2D eigenvalue weighted by Gasteiger charge is -2.33. The van der Waals surface area contributed by atoms with Crippen LogP contribution in [0.4, 0.5) is 4.39 Å². The number of piperidine rings is 1. The summed E-state index contributed by atoms with van der Waals surface area (Å²) in [7, 11) is 1.72. The number of nitrogens with one attached hydrogen (secondary N) is 1. The summed E-state index contributed by atoms with van der Waals surface area (Å²) < 4.78 is 22.9. The summed E-state index contributed by atoms with van der Waals surface area (Å²) in [5, 5.41) is 0. The number of nitrogens with zero attached hydrogens (tertiary/aromatic N) is 4. The second-order valence-corrected chi connectivity index (χ2v) is 11.4. The van der Waals surface area contributed by atoms with Gasteiger partial charge in [-0.05, 0) is 67.6 Å². The van der Waals surface area contributed by atoms with Crippen molar-refractivity contribution in [1.29, 1.82) is 0 Å². The molecule has 1 amide bonds. The monoisotopic (exact) mass is 584 g/mol. The number of carbonyl (C=O) groups is 1. The first-order chi connectivity index (χ1) is 20.9. The van der Waals surface area contributed by atoms with Crippen LogP contribution >= 0.6 is 0 Å². The Labute approximate surface area is 249 Å². The Morgan fingerprint density at radius 1 is 1.14 bits per heavy atom. The molecule has 5 aromatic rings. The van der Waals surface area contributed by atoms with Gasteiger partial charge in [0.2, 0.25) is 5.91 Å². The van der Waals surface area contributed by atoms with Crippen molar-refractivity contribution in [3.8, 4) is 5.69 Å².